The third kappa shape index (κ3) is 3.48. The molecule has 0 aromatic heterocycles. The highest BCUT2D eigenvalue weighted by molar-refractivity contribution is 5.86. The van der Waals surface area contributed by atoms with Crippen LogP contribution >= 0.6 is 0 Å². The first kappa shape index (κ1) is 14.8. The summed E-state index contributed by atoms with van der Waals surface area (Å²) in [5.74, 6) is 0.990. The maximum atomic E-state index is 12.3. The van der Waals surface area contributed by atoms with E-state index in [9.17, 15) is 4.79 Å². The summed E-state index contributed by atoms with van der Waals surface area (Å²) in [4.78, 5) is 12.3. The maximum Gasteiger partial charge on any atom is 0.240 e. The number of ether oxygens (including phenoxy) is 1. The number of carbonyl (C=O) groups is 1. The summed E-state index contributed by atoms with van der Waals surface area (Å²) in [5, 5.41) is 3.08. The standard InChI is InChI=1S/C15H28N2O2/c1-11(2)13-12(6-9-19-13)10-17-14(18)15(16)7-4-3-5-8-15/h11-13H,3-10,16H2,1-2H3,(H,17,18). The zero-order chi connectivity index (χ0) is 13.9. The van der Waals surface area contributed by atoms with Gasteiger partial charge in [-0.2, -0.15) is 0 Å². The third-order valence-electron chi connectivity index (χ3n) is 4.64. The van der Waals surface area contributed by atoms with Gasteiger partial charge in [0.1, 0.15) is 0 Å². The lowest BCUT2D eigenvalue weighted by molar-refractivity contribution is -0.127. The Labute approximate surface area is 116 Å². The van der Waals surface area contributed by atoms with Gasteiger partial charge in [-0.05, 0) is 25.2 Å². The minimum absolute atomic E-state index is 0.0432. The summed E-state index contributed by atoms with van der Waals surface area (Å²) in [6.45, 7) is 5.88. The predicted molar refractivity (Wildman–Crippen MR) is 75.7 cm³/mol. The van der Waals surface area contributed by atoms with Gasteiger partial charge < -0.3 is 15.8 Å². The van der Waals surface area contributed by atoms with Crippen molar-refractivity contribution in [1.82, 2.24) is 5.32 Å². The number of amides is 1. The van der Waals surface area contributed by atoms with Crippen LogP contribution in [0.25, 0.3) is 0 Å². The fraction of sp³-hybridized carbons (Fsp3) is 0.933. The highest BCUT2D eigenvalue weighted by Crippen LogP contribution is 2.28. The molecule has 110 valence electrons. The molecule has 3 N–H and O–H groups in total. The molecule has 2 aliphatic rings. The Bertz CT molecular complexity index is 311. The molecule has 2 atom stereocenters. The number of nitrogens with one attached hydrogen (secondary N) is 1. The van der Waals surface area contributed by atoms with Crippen molar-refractivity contribution in [1.29, 1.82) is 0 Å². The van der Waals surface area contributed by atoms with Gasteiger partial charge >= 0.3 is 0 Å². The molecule has 4 nitrogen and oxygen atoms in total. The molecule has 1 saturated heterocycles. The molecular formula is C15H28N2O2. The number of rotatable bonds is 4. The van der Waals surface area contributed by atoms with Gasteiger partial charge in [-0.25, -0.2) is 0 Å². The van der Waals surface area contributed by atoms with Crippen LogP contribution < -0.4 is 11.1 Å². The van der Waals surface area contributed by atoms with E-state index >= 15 is 0 Å². The molecule has 2 fully saturated rings. The van der Waals surface area contributed by atoms with Crippen molar-refractivity contribution in [2.45, 2.75) is 64.0 Å². The van der Waals surface area contributed by atoms with Crippen LogP contribution in [0.2, 0.25) is 0 Å². The van der Waals surface area contributed by atoms with Gasteiger partial charge in [0.2, 0.25) is 5.91 Å². The molecule has 0 aromatic rings. The Morgan fingerprint density at radius 1 is 1.37 bits per heavy atom. The zero-order valence-electron chi connectivity index (χ0n) is 12.3. The molecule has 1 aliphatic carbocycles. The van der Waals surface area contributed by atoms with E-state index in [1.807, 2.05) is 0 Å². The number of carbonyl (C=O) groups excluding carboxylic acids is 1. The lowest BCUT2D eigenvalue weighted by Crippen LogP contribution is -2.56. The molecule has 0 aromatic carbocycles. The summed E-state index contributed by atoms with van der Waals surface area (Å²) < 4.78 is 5.75. The predicted octanol–water partition coefficient (Wildman–Crippen LogP) is 1.83. The number of hydrogen-bond donors (Lipinski definition) is 2. The Morgan fingerprint density at radius 2 is 2.05 bits per heavy atom. The fourth-order valence-electron chi connectivity index (χ4n) is 3.42. The van der Waals surface area contributed by atoms with Crippen molar-refractivity contribution >= 4 is 5.91 Å². The topological polar surface area (TPSA) is 64.3 Å². The average Bonchev–Trinajstić information content (AvgIpc) is 2.85. The van der Waals surface area contributed by atoms with Gasteiger partial charge in [0, 0.05) is 19.1 Å². The van der Waals surface area contributed by atoms with E-state index in [2.05, 4.69) is 19.2 Å². The monoisotopic (exact) mass is 268 g/mol. The van der Waals surface area contributed by atoms with Crippen molar-refractivity contribution in [2.24, 2.45) is 17.6 Å². The molecule has 1 heterocycles. The molecule has 2 unspecified atom stereocenters. The van der Waals surface area contributed by atoms with E-state index in [-0.39, 0.29) is 12.0 Å². The van der Waals surface area contributed by atoms with Gasteiger partial charge in [0.05, 0.1) is 11.6 Å². The zero-order valence-corrected chi connectivity index (χ0v) is 12.3. The van der Waals surface area contributed by atoms with Gasteiger partial charge in [-0.15, -0.1) is 0 Å². The molecule has 1 aliphatic heterocycles. The SMILES string of the molecule is CC(C)C1OCCC1CNC(=O)C1(N)CCCCC1. The smallest absolute Gasteiger partial charge is 0.240 e. The Balaban J connectivity index is 1.83. The largest absolute Gasteiger partial charge is 0.378 e. The van der Waals surface area contributed by atoms with E-state index in [0.717, 1.165) is 38.7 Å². The van der Waals surface area contributed by atoms with Crippen LogP contribution in [0.5, 0.6) is 0 Å². The van der Waals surface area contributed by atoms with Crippen molar-refractivity contribution in [3.05, 3.63) is 0 Å². The summed E-state index contributed by atoms with van der Waals surface area (Å²) >= 11 is 0. The average molecular weight is 268 g/mol. The quantitative estimate of drug-likeness (QED) is 0.817. The molecular weight excluding hydrogens is 240 g/mol. The van der Waals surface area contributed by atoms with Crippen LogP contribution in [0.1, 0.15) is 52.4 Å². The molecule has 2 rings (SSSR count). The molecule has 1 amide bonds. The second kappa shape index (κ2) is 6.23. The van der Waals surface area contributed by atoms with E-state index < -0.39 is 5.54 Å². The normalized spacial score (nSPS) is 30.5. The van der Waals surface area contributed by atoms with Crippen LogP contribution in [0.3, 0.4) is 0 Å². The van der Waals surface area contributed by atoms with E-state index in [1.54, 1.807) is 0 Å². The van der Waals surface area contributed by atoms with Crippen molar-refractivity contribution in [3.63, 3.8) is 0 Å². The van der Waals surface area contributed by atoms with Crippen molar-refractivity contribution < 1.29 is 9.53 Å². The van der Waals surface area contributed by atoms with Gasteiger partial charge in [-0.3, -0.25) is 4.79 Å². The first-order valence-electron chi connectivity index (χ1n) is 7.72. The lowest BCUT2D eigenvalue weighted by Gasteiger charge is -2.32. The third-order valence-corrected chi connectivity index (χ3v) is 4.64. The molecule has 0 spiro atoms. The van der Waals surface area contributed by atoms with Gasteiger partial charge in [0.15, 0.2) is 0 Å². The van der Waals surface area contributed by atoms with E-state index in [1.165, 1.54) is 6.42 Å². The maximum absolute atomic E-state index is 12.3. The van der Waals surface area contributed by atoms with E-state index in [4.69, 9.17) is 10.5 Å². The van der Waals surface area contributed by atoms with Gasteiger partial charge in [0.25, 0.3) is 0 Å². The highest BCUT2D eigenvalue weighted by atomic mass is 16.5. The van der Waals surface area contributed by atoms with E-state index in [0.29, 0.717) is 18.4 Å². The van der Waals surface area contributed by atoms with Gasteiger partial charge in [-0.1, -0.05) is 33.1 Å². The first-order chi connectivity index (χ1) is 9.03. The Hall–Kier alpha value is -0.610. The van der Waals surface area contributed by atoms with Crippen LogP contribution in [0.15, 0.2) is 0 Å². The number of hydrogen-bond acceptors (Lipinski definition) is 3. The Kier molecular flexibility index (Phi) is 4.85. The molecule has 4 heteroatoms. The number of nitrogens with two attached hydrogens (primary N) is 1. The summed E-state index contributed by atoms with van der Waals surface area (Å²) in [6.07, 6.45) is 6.33. The first-order valence-corrected chi connectivity index (χ1v) is 7.72. The Morgan fingerprint density at radius 3 is 2.68 bits per heavy atom. The highest BCUT2D eigenvalue weighted by Gasteiger charge is 2.37. The molecule has 1 saturated carbocycles. The summed E-state index contributed by atoms with van der Waals surface area (Å²) in [7, 11) is 0. The minimum atomic E-state index is -0.620. The minimum Gasteiger partial charge on any atom is -0.378 e. The molecule has 0 bridgehead atoms. The van der Waals surface area contributed by atoms with Crippen molar-refractivity contribution in [3.8, 4) is 0 Å². The lowest BCUT2D eigenvalue weighted by atomic mass is 9.81. The second-order valence-corrected chi connectivity index (χ2v) is 6.56. The van der Waals surface area contributed by atoms with Crippen LogP contribution in [-0.4, -0.2) is 30.7 Å². The molecule has 19 heavy (non-hydrogen) atoms. The van der Waals surface area contributed by atoms with Crippen LogP contribution in [0.4, 0.5) is 0 Å². The van der Waals surface area contributed by atoms with Crippen LogP contribution in [0, 0.1) is 11.8 Å². The fourth-order valence-corrected chi connectivity index (χ4v) is 3.42. The summed E-state index contributed by atoms with van der Waals surface area (Å²) in [5.41, 5.74) is 5.62. The van der Waals surface area contributed by atoms with Crippen LogP contribution in [-0.2, 0) is 9.53 Å². The molecule has 0 radical (unpaired) electrons. The second-order valence-electron chi connectivity index (χ2n) is 6.56. The summed E-state index contributed by atoms with van der Waals surface area (Å²) in [6, 6.07) is 0. The van der Waals surface area contributed by atoms with Crippen molar-refractivity contribution in [2.75, 3.05) is 13.2 Å².